The van der Waals surface area contributed by atoms with Gasteiger partial charge in [-0.2, -0.15) is 13.2 Å². The predicted octanol–water partition coefficient (Wildman–Crippen LogP) is 2.72. The summed E-state index contributed by atoms with van der Waals surface area (Å²) in [4.78, 5) is 6.77. The number of rotatable bonds is 4. The summed E-state index contributed by atoms with van der Waals surface area (Å²) >= 11 is 5.45. The lowest BCUT2D eigenvalue weighted by atomic mass is 10.0. The number of anilines is 1. The fraction of sp³-hybridized carbons (Fsp3) is 0.600. The van der Waals surface area contributed by atoms with E-state index >= 15 is 0 Å². The lowest BCUT2D eigenvalue weighted by Gasteiger charge is -2.28. The van der Waals surface area contributed by atoms with E-state index in [4.69, 9.17) is 11.6 Å². The summed E-state index contributed by atoms with van der Waals surface area (Å²) < 4.78 is 37.6. The van der Waals surface area contributed by atoms with Crippen LogP contribution in [0.2, 0.25) is 5.28 Å². The van der Waals surface area contributed by atoms with Gasteiger partial charge in [0.15, 0.2) is 5.69 Å². The molecule has 2 N–H and O–H groups in total. The maximum atomic E-state index is 12.5. The van der Waals surface area contributed by atoms with Crippen molar-refractivity contribution in [2.24, 2.45) is 0 Å². The Bertz CT molecular complexity index is 421. The van der Waals surface area contributed by atoms with Crippen LogP contribution in [0.1, 0.15) is 26.0 Å². The number of nitrogens with one attached hydrogen (secondary N) is 1. The topological polar surface area (TPSA) is 58.0 Å². The van der Waals surface area contributed by atoms with Gasteiger partial charge in [0.1, 0.15) is 5.82 Å². The van der Waals surface area contributed by atoms with Gasteiger partial charge in [-0.25, -0.2) is 9.97 Å². The smallest absolute Gasteiger partial charge is 0.394 e. The zero-order valence-electron chi connectivity index (χ0n) is 9.85. The van der Waals surface area contributed by atoms with Crippen molar-refractivity contribution in [3.8, 4) is 0 Å². The van der Waals surface area contributed by atoms with E-state index in [0.717, 1.165) is 6.07 Å². The number of halogens is 4. The maximum Gasteiger partial charge on any atom is 0.433 e. The minimum atomic E-state index is -4.59. The van der Waals surface area contributed by atoms with Crippen molar-refractivity contribution < 1.29 is 18.3 Å². The zero-order chi connectivity index (χ0) is 14.0. The fourth-order valence-corrected chi connectivity index (χ4v) is 1.36. The van der Waals surface area contributed by atoms with E-state index in [1.54, 1.807) is 13.8 Å². The monoisotopic (exact) mass is 283 g/mol. The van der Waals surface area contributed by atoms with E-state index < -0.39 is 22.7 Å². The van der Waals surface area contributed by atoms with E-state index in [-0.39, 0.29) is 12.4 Å². The zero-order valence-corrected chi connectivity index (χ0v) is 10.6. The molecule has 0 radical (unpaired) electrons. The number of hydrogen-bond donors (Lipinski definition) is 2. The van der Waals surface area contributed by atoms with Crippen molar-refractivity contribution >= 4 is 17.4 Å². The van der Waals surface area contributed by atoms with Crippen LogP contribution in [0.5, 0.6) is 0 Å². The molecule has 0 spiro atoms. The lowest BCUT2D eigenvalue weighted by Crippen LogP contribution is -2.38. The second kappa shape index (κ2) is 5.27. The van der Waals surface area contributed by atoms with E-state index in [0.29, 0.717) is 6.42 Å². The number of aromatic nitrogens is 2. The molecule has 0 aliphatic carbocycles. The fourth-order valence-electron chi connectivity index (χ4n) is 1.18. The summed E-state index contributed by atoms with van der Waals surface area (Å²) in [5, 5.41) is 11.4. The summed E-state index contributed by atoms with van der Waals surface area (Å²) in [6.07, 6.45) is -4.09. The average Bonchev–Trinajstić information content (AvgIpc) is 2.27. The Balaban J connectivity index is 3.08. The van der Waals surface area contributed by atoms with Gasteiger partial charge in [0.05, 0.1) is 12.1 Å². The quantitative estimate of drug-likeness (QED) is 0.834. The van der Waals surface area contributed by atoms with Crippen molar-refractivity contribution in [3.63, 3.8) is 0 Å². The first-order valence-corrected chi connectivity index (χ1v) is 5.59. The van der Waals surface area contributed by atoms with Gasteiger partial charge in [-0.05, 0) is 24.9 Å². The SMILES string of the molecule is CCC(C)(CO)Nc1cc(C(F)(F)F)nc(Cl)n1. The highest BCUT2D eigenvalue weighted by atomic mass is 35.5. The number of aliphatic hydroxyl groups is 1. The van der Waals surface area contributed by atoms with Crippen LogP contribution in [0.4, 0.5) is 19.0 Å². The summed E-state index contributed by atoms with van der Waals surface area (Å²) in [5.41, 5.74) is -1.89. The standard InChI is InChI=1S/C10H13ClF3N3O/c1-3-9(2,5-18)17-7-4-6(10(12,13)14)15-8(11)16-7/h4,18H,3,5H2,1-2H3,(H,15,16,17). The molecule has 1 unspecified atom stereocenters. The van der Waals surface area contributed by atoms with Gasteiger partial charge in [-0.1, -0.05) is 6.92 Å². The Morgan fingerprint density at radius 2 is 2.00 bits per heavy atom. The molecule has 0 bridgehead atoms. The first kappa shape index (κ1) is 15.0. The highest BCUT2D eigenvalue weighted by molar-refractivity contribution is 6.28. The molecule has 1 rings (SSSR count). The van der Waals surface area contributed by atoms with Crippen LogP contribution in [0, 0.1) is 0 Å². The molecule has 1 aromatic heterocycles. The van der Waals surface area contributed by atoms with Crippen LogP contribution in [-0.4, -0.2) is 27.2 Å². The van der Waals surface area contributed by atoms with Gasteiger partial charge in [0.2, 0.25) is 5.28 Å². The van der Waals surface area contributed by atoms with Gasteiger partial charge in [-0.3, -0.25) is 0 Å². The van der Waals surface area contributed by atoms with Crippen LogP contribution < -0.4 is 5.32 Å². The van der Waals surface area contributed by atoms with E-state index in [2.05, 4.69) is 15.3 Å². The second-order valence-corrected chi connectivity index (χ2v) is 4.44. The van der Waals surface area contributed by atoms with Gasteiger partial charge in [0.25, 0.3) is 0 Å². The minimum absolute atomic E-state index is 0.0688. The van der Waals surface area contributed by atoms with Crippen LogP contribution >= 0.6 is 11.6 Å². The summed E-state index contributed by atoms with van der Waals surface area (Å²) in [5.74, 6) is -0.0688. The third-order valence-corrected chi connectivity index (χ3v) is 2.72. The van der Waals surface area contributed by atoms with Gasteiger partial charge >= 0.3 is 6.18 Å². The Kier molecular flexibility index (Phi) is 4.39. The number of aliphatic hydroxyl groups excluding tert-OH is 1. The van der Waals surface area contributed by atoms with Crippen molar-refractivity contribution in [2.75, 3.05) is 11.9 Å². The first-order valence-electron chi connectivity index (χ1n) is 5.21. The molecule has 18 heavy (non-hydrogen) atoms. The molecule has 102 valence electrons. The normalized spacial score (nSPS) is 15.3. The molecular formula is C10H13ClF3N3O. The van der Waals surface area contributed by atoms with Crippen molar-refractivity contribution in [1.82, 2.24) is 9.97 Å². The molecule has 4 nitrogen and oxygen atoms in total. The van der Waals surface area contributed by atoms with E-state index in [1.165, 1.54) is 0 Å². The maximum absolute atomic E-state index is 12.5. The Labute approximate surface area is 107 Å². The number of nitrogens with zero attached hydrogens (tertiary/aromatic N) is 2. The molecule has 8 heteroatoms. The van der Waals surface area contributed by atoms with Crippen molar-refractivity contribution in [3.05, 3.63) is 17.0 Å². The third-order valence-electron chi connectivity index (χ3n) is 2.55. The molecule has 1 aromatic rings. The van der Waals surface area contributed by atoms with Crippen LogP contribution in [0.15, 0.2) is 6.07 Å². The highest BCUT2D eigenvalue weighted by Crippen LogP contribution is 2.30. The summed E-state index contributed by atoms with van der Waals surface area (Å²) in [6.45, 7) is 3.21. The third kappa shape index (κ3) is 3.71. The van der Waals surface area contributed by atoms with Crippen molar-refractivity contribution in [1.29, 1.82) is 0 Å². The molecule has 0 amide bonds. The summed E-state index contributed by atoms with van der Waals surface area (Å²) in [6, 6.07) is 0.759. The molecule has 1 heterocycles. The molecule has 0 aliphatic heterocycles. The van der Waals surface area contributed by atoms with Crippen molar-refractivity contribution in [2.45, 2.75) is 32.0 Å². The average molecular weight is 284 g/mol. The molecule has 0 fully saturated rings. The molecule has 1 atom stereocenters. The van der Waals surface area contributed by atoms with E-state index in [9.17, 15) is 18.3 Å². The molecule has 0 saturated heterocycles. The molecule has 0 saturated carbocycles. The van der Waals surface area contributed by atoms with E-state index in [1.807, 2.05) is 0 Å². The van der Waals surface area contributed by atoms with Crippen LogP contribution in [0.25, 0.3) is 0 Å². The van der Waals surface area contributed by atoms with Gasteiger partial charge in [0, 0.05) is 6.07 Å². The number of hydrogen-bond acceptors (Lipinski definition) is 4. The first-order chi connectivity index (χ1) is 8.20. The Morgan fingerprint density at radius 1 is 1.39 bits per heavy atom. The molecular weight excluding hydrogens is 271 g/mol. The molecule has 0 aromatic carbocycles. The second-order valence-electron chi connectivity index (χ2n) is 4.10. The minimum Gasteiger partial charge on any atom is -0.394 e. The van der Waals surface area contributed by atoms with Crippen LogP contribution in [-0.2, 0) is 6.18 Å². The predicted molar refractivity (Wildman–Crippen MR) is 61.4 cm³/mol. The van der Waals surface area contributed by atoms with Crippen LogP contribution in [0.3, 0.4) is 0 Å². The number of alkyl halides is 3. The largest absolute Gasteiger partial charge is 0.433 e. The summed E-state index contributed by atoms with van der Waals surface area (Å²) in [7, 11) is 0. The Morgan fingerprint density at radius 3 is 2.44 bits per heavy atom. The Hall–Kier alpha value is -1.08. The van der Waals surface area contributed by atoms with Gasteiger partial charge in [-0.15, -0.1) is 0 Å². The highest BCUT2D eigenvalue weighted by Gasteiger charge is 2.34. The van der Waals surface area contributed by atoms with Gasteiger partial charge < -0.3 is 10.4 Å². The lowest BCUT2D eigenvalue weighted by molar-refractivity contribution is -0.141. The molecule has 0 aliphatic rings.